The molecule has 2 fully saturated rings. The van der Waals surface area contributed by atoms with Gasteiger partial charge in [-0.25, -0.2) is 4.79 Å². The summed E-state index contributed by atoms with van der Waals surface area (Å²) in [5.41, 5.74) is 1.76. The Morgan fingerprint density at radius 2 is 1.43 bits per heavy atom. The van der Waals surface area contributed by atoms with Crippen molar-refractivity contribution in [1.82, 2.24) is 25.8 Å². The highest BCUT2D eigenvalue weighted by molar-refractivity contribution is 5.94. The third kappa shape index (κ3) is 12.0. The van der Waals surface area contributed by atoms with Gasteiger partial charge in [-0.3, -0.25) is 19.3 Å². The van der Waals surface area contributed by atoms with E-state index in [-0.39, 0.29) is 72.0 Å². The van der Waals surface area contributed by atoms with Gasteiger partial charge in [-0.05, 0) is 116 Å². The number of hydrogen-bond acceptors (Lipinski definition) is 11. The molecule has 2 amide bonds. The lowest BCUT2D eigenvalue weighted by Crippen LogP contribution is -2.44. The summed E-state index contributed by atoms with van der Waals surface area (Å²) in [5.74, 6) is -0.814. The van der Waals surface area contributed by atoms with Crippen LogP contribution in [0.5, 0.6) is 11.5 Å². The molecule has 1 aromatic heterocycles. The summed E-state index contributed by atoms with van der Waals surface area (Å²) in [5, 5.41) is 43.1. The number of aliphatic hydroxyl groups is 2. The number of nitrogens with one attached hydrogen (secondary N) is 4. The SMILES string of the molecule is O=C(COc1cccc([C@](O)(C(=O)OCC2CCN(Cc3ccccc3)CC2)c2ccccc2)c1)N[C@H]1CC[C@H](NC(=O)c2ccc(CNC[C@H](O)c3ccc(O)c4[nH]c(=O)ccc34)cc2)CC1. The summed E-state index contributed by atoms with van der Waals surface area (Å²) in [7, 11) is 0. The molecule has 2 heterocycles. The molecule has 14 nitrogen and oxygen atoms in total. The molecule has 6 aromatic rings. The maximum Gasteiger partial charge on any atom is 0.347 e. The van der Waals surface area contributed by atoms with E-state index in [0.717, 1.165) is 38.0 Å². The summed E-state index contributed by atoms with van der Waals surface area (Å²) < 4.78 is 11.8. The molecule has 5 aromatic carbocycles. The molecule has 8 rings (SSSR count). The number of aromatic amines is 1. The first-order valence-electron chi connectivity index (χ1n) is 23.4. The summed E-state index contributed by atoms with van der Waals surface area (Å²) >= 11 is 0. The lowest BCUT2D eigenvalue weighted by Gasteiger charge is -2.33. The third-order valence-corrected chi connectivity index (χ3v) is 13.1. The molecule has 1 saturated carbocycles. The van der Waals surface area contributed by atoms with Gasteiger partial charge in [-0.2, -0.15) is 0 Å². The number of rotatable bonds is 18. The van der Waals surface area contributed by atoms with Crippen LogP contribution in [0.4, 0.5) is 0 Å². The van der Waals surface area contributed by atoms with Crippen LogP contribution >= 0.6 is 0 Å². The van der Waals surface area contributed by atoms with Gasteiger partial charge in [0.2, 0.25) is 11.2 Å². The molecule has 2 atom stereocenters. The van der Waals surface area contributed by atoms with Crippen molar-refractivity contribution in [1.29, 1.82) is 0 Å². The van der Waals surface area contributed by atoms with E-state index in [1.165, 1.54) is 17.7 Å². The number of H-pyrrole nitrogens is 1. The molecule has 2 aliphatic rings. The number of esters is 1. The Kier molecular flexibility index (Phi) is 15.6. The number of piperidine rings is 1. The smallest absolute Gasteiger partial charge is 0.347 e. The fourth-order valence-electron chi connectivity index (χ4n) is 9.20. The molecule has 0 bridgehead atoms. The first-order valence-corrected chi connectivity index (χ1v) is 23.4. The van der Waals surface area contributed by atoms with Gasteiger partial charge in [0.1, 0.15) is 11.5 Å². The molecule has 68 heavy (non-hydrogen) atoms. The second kappa shape index (κ2) is 22.3. The number of phenols is 1. The van der Waals surface area contributed by atoms with Crippen molar-refractivity contribution in [3.63, 3.8) is 0 Å². The molecule has 14 heteroatoms. The summed E-state index contributed by atoms with van der Waals surface area (Å²) in [6, 6.07) is 38.8. The number of hydrogen-bond donors (Lipinski definition) is 7. The molecule has 7 N–H and O–H groups in total. The maximum absolute atomic E-state index is 13.9. The number of likely N-dealkylation sites (tertiary alicyclic amines) is 1. The van der Waals surface area contributed by atoms with Crippen molar-refractivity contribution in [2.24, 2.45) is 5.92 Å². The van der Waals surface area contributed by atoms with Gasteiger partial charge in [0.05, 0.1) is 18.2 Å². The van der Waals surface area contributed by atoms with Crippen LogP contribution in [0.15, 0.2) is 138 Å². The highest BCUT2D eigenvalue weighted by Gasteiger charge is 2.42. The summed E-state index contributed by atoms with van der Waals surface area (Å²) in [6.07, 6.45) is 3.62. The number of carbonyl (C=O) groups is 3. The van der Waals surface area contributed by atoms with Crippen LogP contribution in [-0.4, -0.2) is 87.9 Å². The lowest BCUT2D eigenvalue weighted by molar-refractivity contribution is -0.164. The van der Waals surface area contributed by atoms with E-state index in [0.29, 0.717) is 60.1 Å². The third-order valence-electron chi connectivity index (χ3n) is 13.1. The molecule has 0 radical (unpaired) electrons. The predicted molar refractivity (Wildman–Crippen MR) is 258 cm³/mol. The number of ether oxygens (including phenoxy) is 2. The van der Waals surface area contributed by atoms with Gasteiger partial charge >= 0.3 is 5.97 Å². The summed E-state index contributed by atoms with van der Waals surface area (Å²) in [6.45, 7) is 3.30. The standard InChI is InChI=1S/C54H59N5O9/c60-47-24-22-45(46-23-25-49(62)58-51(46)47)48(61)32-55-31-36-14-16-39(17-15-36)52(64)57-43-20-18-42(19-21-43)56-50(63)35-67-44-13-7-12-41(30-44)54(66,40-10-5-2-6-11-40)53(65)68-34-38-26-28-59(29-27-38)33-37-8-3-1-4-9-37/h1-17,22-25,30,38,42-43,48,55,60-61,66H,18-21,26-29,31-35H2,(H,56,63)(H,57,64)(H,58,62)/t42-,43-,48-,54-/m0/s1. The van der Waals surface area contributed by atoms with E-state index >= 15 is 0 Å². The number of aliphatic hydroxyl groups excluding tert-OH is 1. The van der Waals surface area contributed by atoms with Gasteiger partial charge in [0, 0.05) is 54.3 Å². The van der Waals surface area contributed by atoms with Crippen LogP contribution in [0.25, 0.3) is 10.9 Å². The second-order valence-corrected chi connectivity index (χ2v) is 17.9. The van der Waals surface area contributed by atoms with Crippen LogP contribution in [-0.2, 0) is 33.0 Å². The van der Waals surface area contributed by atoms with E-state index in [2.05, 4.69) is 38.0 Å². The minimum atomic E-state index is -2.10. The van der Waals surface area contributed by atoms with Crippen molar-refractivity contribution < 1.29 is 39.2 Å². The minimum Gasteiger partial charge on any atom is -0.506 e. The number of benzene rings is 5. The van der Waals surface area contributed by atoms with Gasteiger partial charge < -0.3 is 45.7 Å². The van der Waals surface area contributed by atoms with Gasteiger partial charge in [0.25, 0.3) is 11.8 Å². The number of aromatic hydroxyl groups is 1. The Labute approximate surface area is 395 Å². The topological polar surface area (TPSA) is 203 Å². The van der Waals surface area contributed by atoms with E-state index < -0.39 is 17.7 Å². The highest BCUT2D eigenvalue weighted by atomic mass is 16.5. The first kappa shape index (κ1) is 47.6. The average molecular weight is 922 g/mol. The zero-order valence-corrected chi connectivity index (χ0v) is 37.9. The van der Waals surface area contributed by atoms with Gasteiger partial charge in [-0.15, -0.1) is 0 Å². The van der Waals surface area contributed by atoms with Crippen molar-refractivity contribution in [2.45, 2.75) is 75.4 Å². The zero-order valence-electron chi connectivity index (χ0n) is 37.9. The van der Waals surface area contributed by atoms with Crippen molar-refractivity contribution in [2.75, 3.05) is 32.8 Å². The largest absolute Gasteiger partial charge is 0.506 e. The second-order valence-electron chi connectivity index (χ2n) is 17.9. The van der Waals surface area contributed by atoms with E-state index in [1.807, 2.05) is 36.4 Å². The number of aromatic nitrogens is 1. The number of nitrogens with zero attached hydrogens (tertiary/aromatic N) is 1. The maximum atomic E-state index is 13.9. The molecule has 0 unspecified atom stereocenters. The predicted octanol–water partition coefficient (Wildman–Crippen LogP) is 5.98. The summed E-state index contributed by atoms with van der Waals surface area (Å²) in [4.78, 5) is 56.9. The number of carbonyl (C=O) groups excluding carboxylic acids is 3. The molecule has 1 saturated heterocycles. The number of amides is 2. The quantitative estimate of drug-likeness (QED) is 0.0500. The monoisotopic (exact) mass is 921 g/mol. The zero-order chi connectivity index (χ0) is 47.5. The minimum absolute atomic E-state index is 0.0423. The Morgan fingerprint density at radius 1 is 0.750 bits per heavy atom. The average Bonchev–Trinajstić information content (AvgIpc) is 3.37. The molecular weight excluding hydrogens is 863 g/mol. The van der Waals surface area contributed by atoms with E-state index in [9.17, 15) is 34.5 Å². The Hall–Kier alpha value is -6.84. The normalized spacial score (nSPS) is 18.0. The fraction of sp³-hybridized carbons (Fsp3) is 0.333. The first-order chi connectivity index (χ1) is 33.0. The van der Waals surface area contributed by atoms with E-state index in [1.54, 1.807) is 72.8 Å². The Bertz CT molecular complexity index is 2700. The fourth-order valence-corrected chi connectivity index (χ4v) is 9.20. The molecule has 1 aliphatic carbocycles. The van der Waals surface area contributed by atoms with E-state index in [4.69, 9.17) is 9.47 Å². The van der Waals surface area contributed by atoms with Crippen LogP contribution < -0.4 is 26.2 Å². The van der Waals surface area contributed by atoms with Crippen molar-refractivity contribution >= 4 is 28.7 Å². The van der Waals surface area contributed by atoms with Crippen LogP contribution in [0.2, 0.25) is 0 Å². The molecular formula is C54H59N5O9. The lowest BCUT2D eigenvalue weighted by atomic mass is 9.86. The number of pyridine rings is 1. The molecule has 1 aliphatic heterocycles. The molecule has 0 spiro atoms. The van der Waals surface area contributed by atoms with Gasteiger partial charge in [0.15, 0.2) is 6.61 Å². The number of fused-ring (bicyclic) bond motifs is 1. The van der Waals surface area contributed by atoms with Gasteiger partial charge in [-0.1, -0.05) is 91.0 Å². The van der Waals surface area contributed by atoms with Crippen molar-refractivity contribution in [3.8, 4) is 11.5 Å². The Balaban J connectivity index is 0.761. The molecule has 354 valence electrons. The number of phenolic OH excluding ortho intramolecular Hbond substituents is 1. The van der Waals surface area contributed by atoms with Crippen molar-refractivity contribution in [3.05, 3.63) is 177 Å². The highest BCUT2D eigenvalue weighted by Crippen LogP contribution is 2.34. The Morgan fingerprint density at radius 3 is 2.15 bits per heavy atom. The van der Waals surface area contributed by atoms with Crippen LogP contribution in [0.1, 0.15) is 82.8 Å². The van der Waals surface area contributed by atoms with Crippen LogP contribution in [0.3, 0.4) is 0 Å². The van der Waals surface area contributed by atoms with Crippen LogP contribution in [0, 0.1) is 5.92 Å².